The summed E-state index contributed by atoms with van der Waals surface area (Å²) in [6, 6.07) is 8.45. The standard InChI is InChI=1S/C20H24N6OS/c1-23-14-21-16-6-7-26(20(27)18(16)23)13-10-24-8-11-25(12-9-24)19-15-4-2-3-5-17(15)28-22-19/h2-5,14H,6-13H2,1H3. The summed E-state index contributed by atoms with van der Waals surface area (Å²) >= 11 is 1.58. The number of hydrogen-bond donors (Lipinski definition) is 0. The van der Waals surface area contributed by atoms with Crippen molar-refractivity contribution in [3.63, 3.8) is 0 Å². The van der Waals surface area contributed by atoms with Gasteiger partial charge in [-0.2, -0.15) is 4.37 Å². The Bertz CT molecular complexity index is 1000. The van der Waals surface area contributed by atoms with Gasteiger partial charge in [0.05, 0.1) is 16.7 Å². The van der Waals surface area contributed by atoms with E-state index in [0.29, 0.717) is 0 Å². The monoisotopic (exact) mass is 396 g/mol. The van der Waals surface area contributed by atoms with E-state index in [1.165, 1.54) is 10.1 Å². The number of amides is 1. The van der Waals surface area contributed by atoms with Gasteiger partial charge < -0.3 is 14.4 Å². The summed E-state index contributed by atoms with van der Waals surface area (Å²) in [4.78, 5) is 23.9. The molecule has 1 aromatic carbocycles. The quantitative estimate of drug-likeness (QED) is 0.674. The highest BCUT2D eigenvalue weighted by atomic mass is 32.1. The van der Waals surface area contributed by atoms with Gasteiger partial charge in [-0.15, -0.1) is 0 Å². The van der Waals surface area contributed by atoms with E-state index in [2.05, 4.69) is 43.4 Å². The number of aryl methyl sites for hydroxylation is 1. The van der Waals surface area contributed by atoms with Gasteiger partial charge in [-0.25, -0.2) is 4.98 Å². The molecule has 3 aromatic rings. The molecule has 2 aliphatic rings. The van der Waals surface area contributed by atoms with E-state index in [1.54, 1.807) is 17.9 Å². The van der Waals surface area contributed by atoms with Crippen LogP contribution in [-0.2, 0) is 13.5 Å². The average Bonchev–Trinajstić information content (AvgIpc) is 3.32. The van der Waals surface area contributed by atoms with Crippen LogP contribution in [0.2, 0.25) is 0 Å². The second-order valence-corrected chi connectivity index (χ2v) is 8.33. The summed E-state index contributed by atoms with van der Waals surface area (Å²) < 4.78 is 7.78. The number of carbonyl (C=O) groups is 1. The van der Waals surface area contributed by atoms with Crippen molar-refractivity contribution in [2.24, 2.45) is 7.05 Å². The summed E-state index contributed by atoms with van der Waals surface area (Å²) in [6.07, 6.45) is 2.60. The largest absolute Gasteiger partial charge is 0.353 e. The number of benzene rings is 1. The predicted octanol–water partition coefficient (Wildman–Crippen LogP) is 1.85. The van der Waals surface area contributed by atoms with Gasteiger partial charge in [0.25, 0.3) is 5.91 Å². The van der Waals surface area contributed by atoms with Crippen LogP contribution >= 0.6 is 11.5 Å². The normalized spacial score (nSPS) is 18.1. The summed E-state index contributed by atoms with van der Waals surface area (Å²) in [7, 11) is 1.90. The Morgan fingerprint density at radius 2 is 1.89 bits per heavy atom. The van der Waals surface area contributed by atoms with Gasteiger partial charge in [0.2, 0.25) is 0 Å². The minimum Gasteiger partial charge on any atom is -0.353 e. The number of hydrogen-bond acceptors (Lipinski definition) is 6. The molecule has 1 saturated heterocycles. The van der Waals surface area contributed by atoms with Crippen LogP contribution < -0.4 is 4.90 Å². The van der Waals surface area contributed by atoms with Crippen molar-refractivity contribution < 1.29 is 4.79 Å². The molecule has 0 spiro atoms. The zero-order valence-electron chi connectivity index (χ0n) is 16.0. The van der Waals surface area contributed by atoms with Crippen LogP contribution in [0.15, 0.2) is 30.6 Å². The van der Waals surface area contributed by atoms with Crippen LogP contribution in [0.25, 0.3) is 10.1 Å². The molecule has 2 aliphatic heterocycles. The summed E-state index contributed by atoms with van der Waals surface area (Å²) in [5.74, 6) is 1.24. The molecule has 2 aromatic heterocycles. The van der Waals surface area contributed by atoms with Gasteiger partial charge in [-0.05, 0) is 23.7 Å². The van der Waals surface area contributed by atoms with Crippen LogP contribution in [0.3, 0.4) is 0 Å². The molecule has 7 nitrogen and oxygen atoms in total. The number of nitrogens with zero attached hydrogens (tertiary/aromatic N) is 6. The molecule has 0 saturated carbocycles. The minimum atomic E-state index is 0.119. The molecule has 8 heteroatoms. The first-order chi connectivity index (χ1) is 13.7. The third-order valence-corrected chi connectivity index (χ3v) is 6.65. The third kappa shape index (κ3) is 3.06. The SMILES string of the molecule is Cn1cnc2c1C(=O)N(CCN1CCN(c3nsc4ccccc34)CC1)CC2. The van der Waals surface area contributed by atoms with Crippen molar-refractivity contribution in [1.29, 1.82) is 0 Å². The van der Waals surface area contributed by atoms with Gasteiger partial charge in [0, 0.05) is 64.7 Å². The van der Waals surface area contributed by atoms with E-state index in [9.17, 15) is 4.79 Å². The first-order valence-electron chi connectivity index (χ1n) is 9.82. The van der Waals surface area contributed by atoms with E-state index in [4.69, 9.17) is 0 Å². The molecule has 0 N–H and O–H groups in total. The lowest BCUT2D eigenvalue weighted by Gasteiger charge is -2.36. The third-order valence-electron chi connectivity index (χ3n) is 5.84. The highest BCUT2D eigenvalue weighted by Crippen LogP contribution is 2.29. The average molecular weight is 397 g/mol. The first kappa shape index (κ1) is 17.6. The van der Waals surface area contributed by atoms with E-state index in [1.807, 2.05) is 16.5 Å². The Morgan fingerprint density at radius 1 is 1.07 bits per heavy atom. The maximum absolute atomic E-state index is 12.7. The molecule has 1 fully saturated rings. The Hall–Kier alpha value is -2.45. The fourth-order valence-corrected chi connectivity index (χ4v) is 4.98. The molecule has 0 unspecified atom stereocenters. The number of fused-ring (bicyclic) bond motifs is 2. The van der Waals surface area contributed by atoms with Crippen molar-refractivity contribution in [2.45, 2.75) is 6.42 Å². The number of rotatable bonds is 4. The van der Waals surface area contributed by atoms with Crippen molar-refractivity contribution >= 4 is 33.3 Å². The van der Waals surface area contributed by atoms with Crippen LogP contribution in [0.4, 0.5) is 5.82 Å². The maximum Gasteiger partial charge on any atom is 0.272 e. The Balaban J connectivity index is 1.17. The topological polar surface area (TPSA) is 57.5 Å². The molecule has 0 bridgehead atoms. The van der Waals surface area contributed by atoms with Crippen molar-refractivity contribution in [1.82, 2.24) is 23.7 Å². The molecule has 0 aliphatic carbocycles. The van der Waals surface area contributed by atoms with Gasteiger partial charge in [-0.3, -0.25) is 9.69 Å². The van der Waals surface area contributed by atoms with Gasteiger partial charge in [0.1, 0.15) is 11.5 Å². The Morgan fingerprint density at radius 3 is 2.75 bits per heavy atom. The van der Waals surface area contributed by atoms with E-state index in [-0.39, 0.29) is 5.91 Å². The summed E-state index contributed by atoms with van der Waals surface area (Å²) in [6.45, 7) is 6.44. The van der Waals surface area contributed by atoms with Crippen LogP contribution in [-0.4, -0.2) is 75.4 Å². The molecular weight excluding hydrogens is 372 g/mol. The molecule has 0 radical (unpaired) electrons. The fourth-order valence-electron chi connectivity index (χ4n) is 4.19. The lowest BCUT2D eigenvalue weighted by molar-refractivity contribution is 0.0706. The zero-order valence-corrected chi connectivity index (χ0v) is 16.9. The number of carbonyl (C=O) groups excluding carboxylic acids is 1. The second kappa shape index (κ2) is 7.18. The maximum atomic E-state index is 12.7. The van der Waals surface area contributed by atoms with Crippen molar-refractivity contribution in [3.05, 3.63) is 42.0 Å². The van der Waals surface area contributed by atoms with Gasteiger partial charge in [0.15, 0.2) is 0 Å². The predicted molar refractivity (Wildman–Crippen MR) is 111 cm³/mol. The van der Waals surface area contributed by atoms with Crippen molar-refractivity contribution in [3.8, 4) is 0 Å². The summed E-state index contributed by atoms with van der Waals surface area (Å²) in [5.41, 5.74) is 1.69. The molecule has 4 heterocycles. The first-order valence-corrected chi connectivity index (χ1v) is 10.6. The van der Waals surface area contributed by atoms with Gasteiger partial charge >= 0.3 is 0 Å². The molecule has 0 atom stereocenters. The van der Waals surface area contributed by atoms with Gasteiger partial charge in [-0.1, -0.05) is 12.1 Å². The molecule has 1 amide bonds. The number of piperazine rings is 1. The van der Waals surface area contributed by atoms with Crippen molar-refractivity contribution in [2.75, 3.05) is 50.7 Å². The van der Waals surface area contributed by atoms with E-state index in [0.717, 1.165) is 69.4 Å². The van der Waals surface area contributed by atoms with Crippen LogP contribution in [0.1, 0.15) is 16.2 Å². The molecule has 28 heavy (non-hydrogen) atoms. The molecule has 5 rings (SSSR count). The second-order valence-electron chi connectivity index (χ2n) is 7.52. The molecule has 146 valence electrons. The van der Waals surface area contributed by atoms with Crippen LogP contribution in [0.5, 0.6) is 0 Å². The fraction of sp³-hybridized carbons (Fsp3) is 0.450. The minimum absolute atomic E-state index is 0.119. The highest BCUT2D eigenvalue weighted by Gasteiger charge is 2.28. The Kier molecular flexibility index (Phi) is 4.52. The lowest BCUT2D eigenvalue weighted by atomic mass is 10.1. The summed E-state index contributed by atoms with van der Waals surface area (Å²) in [5, 5.41) is 1.26. The van der Waals surface area contributed by atoms with E-state index < -0.39 is 0 Å². The Labute approximate surface area is 168 Å². The highest BCUT2D eigenvalue weighted by molar-refractivity contribution is 7.13. The number of aromatic nitrogens is 3. The van der Waals surface area contributed by atoms with Crippen LogP contribution in [0, 0.1) is 0 Å². The van der Waals surface area contributed by atoms with E-state index >= 15 is 0 Å². The smallest absolute Gasteiger partial charge is 0.272 e. The lowest BCUT2D eigenvalue weighted by Crippen LogP contribution is -2.50. The zero-order chi connectivity index (χ0) is 19.1. The molecular formula is C20H24N6OS. The number of anilines is 1. The number of imidazole rings is 1.